The number of rotatable bonds is 9. The number of aromatic nitrogens is 5. The van der Waals surface area contributed by atoms with E-state index in [4.69, 9.17) is 10.1 Å². The predicted molar refractivity (Wildman–Crippen MR) is 140 cm³/mol. The summed E-state index contributed by atoms with van der Waals surface area (Å²) < 4.78 is 1.79. The third kappa shape index (κ3) is 6.04. The molecule has 4 aromatic rings. The average Bonchev–Trinajstić information content (AvgIpc) is 3.50. The van der Waals surface area contributed by atoms with E-state index in [1.54, 1.807) is 4.52 Å². The number of hydrogen-bond acceptors (Lipinski definition) is 8. The highest BCUT2D eigenvalue weighted by Crippen LogP contribution is 2.29. The summed E-state index contributed by atoms with van der Waals surface area (Å²) in [6.07, 6.45) is 4.82. The van der Waals surface area contributed by atoms with Gasteiger partial charge in [0.1, 0.15) is 5.52 Å². The lowest BCUT2D eigenvalue weighted by Crippen LogP contribution is -2.39. The summed E-state index contributed by atoms with van der Waals surface area (Å²) in [6, 6.07) is 13.5. The van der Waals surface area contributed by atoms with Gasteiger partial charge in [0.15, 0.2) is 11.6 Å². The van der Waals surface area contributed by atoms with Gasteiger partial charge in [-0.2, -0.15) is 5.10 Å². The number of aromatic amines is 1. The Morgan fingerprint density at radius 1 is 1.22 bits per heavy atom. The first-order valence-electron chi connectivity index (χ1n) is 12.1. The van der Waals surface area contributed by atoms with Crippen LogP contribution in [0.2, 0.25) is 0 Å². The van der Waals surface area contributed by atoms with Gasteiger partial charge in [0.25, 0.3) is 0 Å². The normalized spacial score (nSPS) is 14.8. The zero-order valence-electron chi connectivity index (χ0n) is 20.1. The molecule has 1 fully saturated rings. The molecule has 36 heavy (non-hydrogen) atoms. The van der Waals surface area contributed by atoms with Crippen molar-refractivity contribution in [1.29, 1.82) is 0 Å². The number of H-pyrrole nitrogens is 1. The Morgan fingerprint density at radius 3 is 2.75 bits per heavy atom. The summed E-state index contributed by atoms with van der Waals surface area (Å²) in [5.74, 6) is 1.93. The predicted octanol–water partition coefficient (Wildman–Crippen LogP) is 3.69. The lowest BCUT2D eigenvalue weighted by atomic mass is 9.94. The molecule has 0 saturated carbocycles. The molecule has 4 heterocycles. The minimum Gasteiger partial charge on any atom is -0.396 e. The van der Waals surface area contributed by atoms with Crippen LogP contribution in [0.15, 0.2) is 58.7 Å². The molecule has 0 atom stereocenters. The van der Waals surface area contributed by atoms with Crippen LogP contribution in [0.1, 0.15) is 25.0 Å². The first-order chi connectivity index (χ1) is 17.6. The molecule has 5 rings (SSSR count). The van der Waals surface area contributed by atoms with E-state index in [9.17, 15) is 4.79 Å². The number of carbonyl (C=O) groups is 1. The second-order valence-corrected chi connectivity index (χ2v) is 10.1. The molecule has 0 spiro atoms. The number of aliphatic hydroxyl groups is 1. The largest absolute Gasteiger partial charge is 0.396 e. The summed E-state index contributed by atoms with van der Waals surface area (Å²) >= 11 is 1.45. The summed E-state index contributed by atoms with van der Waals surface area (Å²) in [7, 11) is 0. The quantitative estimate of drug-likeness (QED) is 0.271. The van der Waals surface area contributed by atoms with Crippen LogP contribution in [0.5, 0.6) is 0 Å². The molecule has 0 unspecified atom stereocenters. The Bertz CT molecular complexity index is 1310. The zero-order valence-corrected chi connectivity index (χ0v) is 21.0. The highest BCUT2D eigenvalue weighted by atomic mass is 32.2. The minimum atomic E-state index is -0.0123. The molecule has 0 bridgehead atoms. The molecule has 1 amide bonds. The van der Waals surface area contributed by atoms with Crippen LogP contribution in [0.4, 0.5) is 17.3 Å². The number of benzene rings is 1. The number of anilines is 3. The number of nitrogens with zero attached hydrogens (tertiary/aromatic N) is 5. The molecule has 4 N–H and O–H groups in total. The Kier molecular flexibility index (Phi) is 7.49. The number of carbonyl (C=O) groups excluding carboxylic acids is 1. The molecule has 188 valence electrons. The molecule has 0 radical (unpaired) electrons. The van der Waals surface area contributed by atoms with Crippen molar-refractivity contribution in [1.82, 2.24) is 29.7 Å². The van der Waals surface area contributed by atoms with E-state index in [0.29, 0.717) is 29.3 Å². The van der Waals surface area contributed by atoms with Crippen LogP contribution >= 0.6 is 11.8 Å². The van der Waals surface area contributed by atoms with Gasteiger partial charge in [0, 0.05) is 35.1 Å². The third-order valence-corrected chi connectivity index (χ3v) is 7.15. The maximum absolute atomic E-state index is 12.5. The number of likely N-dealkylation sites (tertiary alicyclic amines) is 1. The molecule has 1 aromatic carbocycles. The van der Waals surface area contributed by atoms with Crippen molar-refractivity contribution in [2.24, 2.45) is 5.92 Å². The standard InChI is InChI=1S/C25H30N8O2S/c1-17-15-22(30-29-17)27-24-21-3-2-11-33(21)31-25(28-24)36-20-6-4-19(5-7-20)26-23(35)16-32-12-8-18(9-13-32)10-14-34/h2-7,11,15,18,34H,8-10,12-14,16H2,1H3,(H,26,35)(H2,27,28,29,30,31). The van der Waals surface area contributed by atoms with Crippen LogP contribution in [0, 0.1) is 12.8 Å². The topological polar surface area (TPSA) is 123 Å². The first-order valence-corrected chi connectivity index (χ1v) is 12.9. The minimum absolute atomic E-state index is 0.0123. The lowest BCUT2D eigenvalue weighted by Gasteiger charge is -2.31. The Hall–Kier alpha value is -3.41. The van der Waals surface area contributed by atoms with Crippen LogP contribution in [0.3, 0.4) is 0 Å². The lowest BCUT2D eigenvalue weighted by molar-refractivity contribution is -0.117. The molecule has 1 saturated heterocycles. The molecule has 0 aliphatic carbocycles. The number of aryl methyl sites for hydroxylation is 1. The molecule has 1 aliphatic rings. The fourth-order valence-electron chi connectivity index (χ4n) is 4.38. The van der Waals surface area contributed by atoms with Gasteiger partial charge in [-0.05, 0) is 93.4 Å². The fraction of sp³-hybridized carbons (Fsp3) is 0.360. The highest BCUT2D eigenvalue weighted by Gasteiger charge is 2.20. The molecular weight excluding hydrogens is 476 g/mol. The number of nitrogens with one attached hydrogen (secondary N) is 3. The van der Waals surface area contributed by atoms with Crippen LogP contribution in [-0.2, 0) is 4.79 Å². The van der Waals surface area contributed by atoms with Crippen molar-refractivity contribution in [3.05, 3.63) is 54.4 Å². The van der Waals surface area contributed by atoms with Gasteiger partial charge in [0.2, 0.25) is 11.1 Å². The van der Waals surface area contributed by atoms with Gasteiger partial charge in [-0.3, -0.25) is 14.8 Å². The summed E-state index contributed by atoms with van der Waals surface area (Å²) in [6.45, 7) is 4.38. The SMILES string of the molecule is Cc1cc(Nc2nc(Sc3ccc(NC(=O)CN4CCC(CCO)CC4)cc3)nn3cccc23)n[nH]1. The first kappa shape index (κ1) is 24.3. The maximum Gasteiger partial charge on any atom is 0.238 e. The van der Waals surface area contributed by atoms with E-state index >= 15 is 0 Å². The second-order valence-electron chi connectivity index (χ2n) is 9.05. The summed E-state index contributed by atoms with van der Waals surface area (Å²) in [5.41, 5.74) is 2.58. The highest BCUT2D eigenvalue weighted by molar-refractivity contribution is 7.99. The number of hydrogen-bond donors (Lipinski definition) is 4. The summed E-state index contributed by atoms with van der Waals surface area (Å²) in [5, 5.41) is 27.7. The Labute approximate surface area is 213 Å². The molecular formula is C25H30N8O2S. The van der Waals surface area contributed by atoms with E-state index in [1.807, 2.05) is 55.6 Å². The Morgan fingerprint density at radius 2 is 2.03 bits per heavy atom. The van der Waals surface area contributed by atoms with Crippen molar-refractivity contribution in [2.45, 2.75) is 36.2 Å². The smallest absolute Gasteiger partial charge is 0.238 e. The van der Waals surface area contributed by atoms with E-state index in [2.05, 4.69) is 30.8 Å². The van der Waals surface area contributed by atoms with E-state index in [1.165, 1.54) is 11.8 Å². The molecule has 11 heteroatoms. The van der Waals surface area contributed by atoms with Crippen LogP contribution < -0.4 is 10.6 Å². The van der Waals surface area contributed by atoms with Crippen LogP contribution in [0.25, 0.3) is 5.52 Å². The van der Waals surface area contributed by atoms with Crippen molar-refractivity contribution in [3.63, 3.8) is 0 Å². The number of fused-ring (bicyclic) bond motifs is 1. The van der Waals surface area contributed by atoms with Crippen LogP contribution in [-0.4, -0.2) is 67.0 Å². The van der Waals surface area contributed by atoms with Crippen molar-refractivity contribution in [2.75, 3.05) is 36.9 Å². The molecule has 1 aliphatic heterocycles. The van der Waals surface area contributed by atoms with E-state index < -0.39 is 0 Å². The monoisotopic (exact) mass is 506 g/mol. The van der Waals surface area contributed by atoms with Crippen molar-refractivity contribution < 1.29 is 9.90 Å². The van der Waals surface area contributed by atoms with Gasteiger partial charge in [-0.15, -0.1) is 5.10 Å². The van der Waals surface area contributed by atoms with Crippen molar-refractivity contribution in [3.8, 4) is 0 Å². The fourth-order valence-corrected chi connectivity index (χ4v) is 5.13. The third-order valence-electron chi connectivity index (χ3n) is 6.28. The summed E-state index contributed by atoms with van der Waals surface area (Å²) in [4.78, 5) is 20.4. The van der Waals surface area contributed by atoms with Crippen molar-refractivity contribution >= 4 is 40.5 Å². The number of piperidine rings is 1. The number of aliphatic hydroxyl groups excluding tert-OH is 1. The zero-order chi connectivity index (χ0) is 24.9. The molecule has 10 nitrogen and oxygen atoms in total. The van der Waals surface area contributed by atoms with E-state index in [0.717, 1.165) is 54.1 Å². The average molecular weight is 507 g/mol. The van der Waals surface area contributed by atoms with Gasteiger partial charge < -0.3 is 15.7 Å². The van der Waals surface area contributed by atoms with Gasteiger partial charge in [-0.25, -0.2) is 9.50 Å². The van der Waals surface area contributed by atoms with Gasteiger partial charge in [-0.1, -0.05) is 0 Å². The van der Waals surface area contributed by atoms with Gasteiger partial charge >= 0.3 is 0 Å². The van der Waals surface area contributed by atoms with E-state index in [-0.39, 0.29) is 12.5 Å². The van der Waals surface area contributed by atoms with Gasteiger partial charge in [0.05, 0.1) is 6.54 Å². The number of amides is 1. The Balaban J connectivity index is 1.19. The molecule has 3 aromatic heterocycles. The second kappa shape index (κ2) is 11.1. The maximum atomic E-state index is 12.5.